The zero-order chi connectivity index (χ0) is 27.7. The molecule has 1 atom stereocenters. The second-order valence-electron chi connectivity index (χ2n) is 9.95. The number of aromatic hydroxyl groups is 1. The normalized spacial score (nSPS) is 14.3. The quantitative estimate of drug-likeness (QED) is 0.272. The average Bonchev–Trinajstić information content (AvgIpc) is 3.75. The van der Waals surface area contributed by atoms with Crippen LogP contribution >= 0.6 is 0 Å². The van der Waals surface area contributed by atoms with Gasteiger partial charge in [-0.05, 0) is 67.5 Å². The summed E-state index contributed by atoms with van der Waals surface area (Å²) in [5.74, 6) is -0.822. The van der Waals surface area contributed by atoms with Crippen molar-refractivity contribution in [3.05, 3.63) is 100 Å². The first-order chi connectivity index (χ1) is 18.7. The Morgan fingerprint density at radius 3 is 2.33 bits per heavy atom. The van der Waals surface area contributed by atoms with Crippen molar-refractivity contribution in [1.29, 1.82) is 0 Å². The van der Waals surface area contributed by atoms with Gasteiger partial charge in [-0.1, -0.05) is 55.8 Å². The van der Waals surface area contributed by atoms with E-state index in [2.05, 4.69) is 9.97 Å². The van der Waals surface area contributed by atoms with Crippen molar-refractivity contribution < 1.29 is 17.9 Å². The molecule has 202 valence electrons. The number of rotatable bonds is 9. The zero-order valence-electron chi connectivity index (χ0n) is 21.8. The number of aryl methyl sites for hydroxylation is 2. The molecule has 0 radical (unpaired) electrons. The van der Waals surface area contributed by atoms with E-state index in [0.717, 1.165) is 31.2 Å². The molecule has 0 saturated heterocycles. The predicted molar refractivity (Wildman–Crippen MR) is 146 cm³/mol. The van der Waals surface area contributed by atoms with Crippen LogP contribution in [0.25, 0.3) is 11.1 Å². The van der Waals surface area contributed by atoms with E-state index in [1.165, 1.54) is 22.8 Å². The summed E-state index contributed by atoms with van der Waals surface area (Å²) in [7, 11) is -4.42. The molecule has 7 nitrogen and oxygen atoms in total. The molecule has 0 spiro atoms. The number of unbranched alkanes of at least 4 members (excludes halogenated alkanes) is 1. The van der Waals surface area contributed by atoms with Crippen LogP contribution in [0, 0.1) is 18.8 Å². The molecule has 1 unspecified atom stereocenters. The van der Waals surface area contributed by atoms with Crippen LogP contribution in [0.1, 0.15) is 55.7 Å². The maximum atomic E-state index is 14.0. The van der Waals surface area contributed by atoms with Gasteiger partial charge in [0.1, 0.15) is 5.82 Å². The van der Waals surface area contributed by atoms with Gasteiger partial charge in [0.05, 0.1) is 10.9 Å². The average molecular weight is 548 g/mol. The number of pyridine rings is 1. The third kappa shape index (κ3) is 5.23. The molecule has 5 rings (SSSR count). The maximum absolute atomic E-state index is 14.0. The van der Waals surface area contributed by atoms with E-state index in [-0.39, 0.29) is 16.9 Å². The third-order valence-electron chi connectivity index (χ3n) is 7.17. The van der Waals surface area contributed by atoms with Crippen molar-refractivity contribution in [3.8, 4) is 17.0 Å². The minimum Gasteiger partial charge on any atom is -0.492 e. The fourth-order valence-electron chi connectivity index (χ4n) is 5.04. The van der Waals surface area contributed by atoms with Crippen LogP contribution in [0.5, 0.6) is 5.88 Å². The predicted octanol–water partition coefficient (Wildman–Crippen LogP) is 5.63. The lowest BCUT2D eigenvalue weighted by atomic mass is 10.0. The molecule has 2 heterocycles. The van der Waals surface area contributed by atoms with Crippen LogP contribution in [0.15, 0.2) is 81.3 Å². The summed E-state index contributed by atoms with van der Waals surface area (Å²) in [4.78, 5) is 21.3. The summed E-state index contributed by atoms with van der Waals surface area (Å²) < 4.78 is 42.5. The molecule has 1 saturated carbocycles. The molecule has 2 aromatic heterocycles. The molecule has 1 aliphatic rings. The van der Waals surface area contributed by atoms with E-state index in [4.69, 9.17) is 0 Å². The molecule has 1 fully saturated rings. The highest BCUT2D eigenvalue weighted by Crippen LogP contribution is 2.44. The number of hydrogen-bond acceptors (Lipinski definition) is 6. The highest BCUT2D eigenvalue weighted by molar-refractivity contribution is 7.91. The SMILES string of the molecule is CCCCc1nc(O)c(S(=O)(=O)c2ccc(-c3ccc(F)nc3C)cc2)c(=O)n1C(c1ccccc1)C1CC1. The molecule has 1 aliphatic carbocycles. The highest BCUT2D eigenvalue weighted by atomic mass is 32.2. The summed E-state index contributed by atoms with van der Waals surface area (Å²) in [5, 5.41) is 10.8. The fourth-order valence-corrected chi connectivity index (χ4v) is 6.39. The first-order valence-electron chi connectivity index (χ1n) is 13.1. The lowest BCUT2D eigenvalue weighted by molar-refractivity contribution is 0.399. The monoisotopic (exact) mass is 547 g/mol. The molecule has 39 heavy (non-hydrogen) atoms. The van der Waals surface area contributed by atoms with E-state index in [1.54, 1.807) is 25.1 Å². The van der Waals surface area contributed by atoms with Gasteiger partial charge in [0.15, 0.2) is 4.90 Å². The summed E-state index contributed by atoms with van der Waals surface area (Å²) in [6.07, 6.45) is 3.87. The van der Waals surface area contributed by atoms with Crippen molar-refractivity contribution in [3.63, 3.8) is 0 Å². The van der Waals surface area contributed by atoms with Gasteiger partial charge in [0, 0.05) is 17.7 Å². The van der Waals surface area contributed by atoms with Crippen molar-refractivity contribution in [2.75, 3.05) is 0 Å². The van der Waals surface area contributed by atoms with Crippen LogP contribution < -0.4 is 5.56 Å². The van der Waals surface area contributed by atoms with E-state index < -0.39 is 32.1 Å². The Hall–Kier alpha value is -3.85. The highest BCUT2D eigenvalue weighted by Gasteiger charge is 2.38. The third-order valence-corrected chi connectivity index (χ3v) is 8.95. The Bertz CT molecular complexity index is 1670. The van der Waals surface area contributed by atoms with E-state index in [9.17, 15) is 22.7 Å². The topological polar surface area (TPSA) is 102 Å². The molecule has 0 amide bonds. The molecule has 2 aromatic carbocycles. The van der Waals surface area contributed by atoms with Crippen LogP contribution in [-0.2, 0) is 16.3 Å². The van der Waals surface area contributed by atoms with Gasteiger partial charge in [-0.25, -0.2) is 13.4 Å². The van der Waals surface area contributed by atoms with E-state index in [1.807, 2.05) is 37.3 Å². The first kappa shape index (κ1) is 26.7. The lowest BCUT2D eigenvalue weighted by Crippen LogP contribution is -2.34. The number of aromatic nitrogens is 3. The number of hydrogen-bond donors (Lipinski definition) is 1. The summed E-state index contributed by atoms with van der Waals surface area (Å²) in [6, 6.07) is 17.9. The minimum absolute atomic E-state index is 0.149. The van der Waals surface area contributed by atoms with Crippen molar-refractivity contribution in [2.24, 2.45) is 5.92 Å². The van der Waals surface area contributed by atoms with Crippen molar-refractivity contribution in [2.45, 2.75) is 61.8 Å². The van der Waals surface area contributed by atoms with Crippen molar-refractivity contribution in [1.82, 2.24) is 14.5 Å². The maximum Gasteiger partial charge on any atom is 0.277 e. The second-order valence-corrected chi connectivity index (χ2v) is 11.8. The first-order valence-corrected chi connectivity index (χ1v) is 14.6. The second kappa shape index (κ2) is 10.7. The van der Waals surface area contributed by atoms with Crippen molar-refractivity contribution >= 4 is 9.84 Å². The molecule has 0 aliphatic heterocycles. The van der Waals surface area contributed by atoms with Gasteiger partial charge in [0.2, 0.25) is 21.7 Å². The van der Waals surface area contributed by atoms with Crippen LogP contribution in [-0.4, -0.2) is 28.1 Å². The fraction of sp³-hybridized carbons (Fsp3) is 0.300. The lowest BCUT2D eigenvalue weighted by Gasteiger charge is -2.24. The summed E-state index contributed by atoms with van der Waals surface area (Å²) >= 11 is 0. The van der Waals surface area contributed by atoms with Gasteiger partial charge < -0.3 is 5.11 Å². The van der Waals surface area contributed by atoms with Gasteiger partial charge in [-0.2, -0.15) is 9.37 Å². The Morgan fingerprint density at radius 2 is 1.72 bits per heavy atom. The number of halogens is 1. The van der Waals surface area contributed by atoms with Crippen LogP contribution in [0.2, 0.25) is 0 Å². The Labute approximate surface area is 226 Å². The zero-order valence-corrected chi connectivity index (χ0v) is 22.7. The van der Waals surface area contributed by atoms with Gasteiger partial charge in [-0.3, -0.25) is 9.36 Å². The van der Waals surface area contributed by atoms with Gasteiger partial charge >= 0.3 is 0 Å². The number of sulfone groups is 1. The number of nitrogens with zero attached hydrogens (tertiary/aromatic N) is 3. The molecular formula is C30H30FN3O4S. The smallest absolute Gasteiger partial charge is 0.277 e. The number of benzene rings is 2. The molecule has 9 heteroatoms. The van der Waals surface area contributed by atoms with Gasteiger partial charge in [-0.15, -0.1) is 0 Å². The Kier molecular flexibility index (Phi) is 7.36. The van der Waals surface area contributed by atoms with Gasteiger partial charge in [0.25, 0.3) is 5.56 Å². The molecular weight excluding hydrogens is 517 g/mol. The standard InChI is InChI=1S/C30H30FN3O4S/c1-3-4-10-26-33-29(35)28(30(36)34(26)27(22-11-12-22)21-8-6-5-7-9-21)39(37,38)23-15-13-20(14-16-23)24-17-18-25(31)32-19(24)2/h5-9,13-18,22,27,35H,3-4,10-12H2,1-2H3. The minimum atomic E-state index is -4.42. The Balaban J connectivity index is 1.63. The van der Waals surface area contributed by atoms with Crippen LogP contribution in [0.4, 0.5) is 4.39 Å². The molecule has 0 bridgehead atoms. The largest absolute Gasteiger partial charge is 0.492 e. The Morgan fingerprint density at radius 1 is 1.03 bits per heavy atom. The van der Waals surface area contributed by atoms with Crippen LogP contribution in [0.3, 0.4) is 0 Å². The van der Waals surface area contributed by atoms with E-state index in [0.29, 0.717) is 29.1 Å². The molecule has 1 N–H and O–H groups in total. The molecule has 4 aromatic rings. The summed E-state index contributed by atoms with van der Waals surface area (Å²) in [5.41, 5.74) is 1.90. The summed E-state index contributed by atoms with van der Waals surface area (Å²) in [6.45, 7) is 3.68. The van der Waals surface area contributed by atoms with E-state index >= 15 is 0 Å².